The van der Waals surface area contributed by atoms with E-state index in [9.17, 15) is 4.79 Å². The molecule has 0 saturated heterocycles. The first-order valence-electron chi connectivity index (χ1n) is 9.14. The number of pyridine rings is 1. The van der Waals surface area contributed by atoms with Crippen molar-refractivity contribution in [2.24, 2.45) is 0 Å². The third kappa shape index (κ3) is 2.59. The fourth-order valence-electron chi connectivity index (χ4n) is 3.79. The van der Waals surface area contributed by atoms with Crippen molar-refractivity contribution >= 4 is 33.0 Å². The number of carbonyl (C=O) groups is 1. The van der Waals surface area contributed by atoms with Crippen LogP contribution in [0, 0.1) is 0 Å². The Hall–Kier alpha value is -3.18. The van der Waals surface area contributed by atoms with Gasteiger partial charge >= 0.3 is 0 Å². The van der Waals surface area contributed by atoms with E-state index in [0.717, 1.165) is 28.8 Å². The van der Waals surface area contributed by atoms with Crippen LogP contribution in [0.25, 0.3) is 21.5 Å². The maximum absolute atomic E-state index is 13.0. The Balaban J connectivity index is 1.62. The predicted molar refractivity (Wildman–Crippen MR) is 113 cm³/mol. The Bertz CT molecular complexity index is 1230. The van der Waals surface area contributed by atoms with Crippen LogP contribution in [0.2, 0.25) is 0 Å². The first-order chi connectivity index (χ1) is 13.7. The van der Waals surface area contributed by atoms with Crippen LogP contribution >= 0.6 is 11.3 Å². The number of ether oxygens (including phenoxy) is 1. The summed E-state index contributed by atoms with van der Waals surface area (Å²) in [5.74, 6) is 0.635. The summed E-state index contributed by atoms with van der Waals surface area (Å²) >= 11 is 1.37. The van der Waals surface area contributed by atoms with Gasteiger partial charge in [-0.1, -0.05) is 24.3 Å². The smallest absolute Gasteiger partial charge is 0.205 e. The lowest BCUT2D eigenvalue weighted by Crippen LogP contribution is -2.05. The molecule has 0 radical (unpaired) electrons. The van der Waals surface area contributed by atoms with Crippen molar-refractivity contribution in [2.75, 3.05) is 12.8 Å². The van der Waals surface area contributed by atoms with Gasteiger partial charge in [0.05, 0.1) is 18.5 Å². The van der Waals surface area contributed by atoms with Crippen molar-refractivity contribution in [3.63, 3.8) is 0 Å². The highest BCUT2D eigenvalue weighted by molar-refractivity contribution is 7.21. The van der Waals surface area contributed by atoms with Crippen molar-refractivity contribution in [2.45, 2.75) is 12.8 Å². The van der Waals surface area contributed by atoms with Crippen LogP contribution in [-0.4, -0.2) is 17.9 Å². The van der Waals surface area contributed by atoms with Crippen LogP contribution in [0.3, 0.4) is 0 Å². The maximum atomic E-state index is 13.0. The van der Waals surface area contributed by atoms with Gasteiger partial charge in [0.2, 0.25) is 5.78 Å². The molecule has 2 N–H and O–H groups in total. The number of carbonyl (C=O) groups excluding carboxylic acids is 1. The number of benzene rings is 2. The number of hydrogen-bond acceptors (Lipinski definition) is 5. The van der Waals surface area contributed by atoms with Gasteiger partial charge in [0, 0.05) is 16.5 Å². The highest BCUT2D eigenvalue weighted by Gasteiger charge is 2.23. The van der Waals surface area contributed by atoms with E-state index in [2.05, 4.69) is 24.3 Å². The van der Waals surface area contributed by atoms with Gasteiger partial charge in [0.25, 0.3) is 0 Å². The molecule has 4 aromatic rings. The average molecular weight is 386 g/mol. The van der Waals surface area contributed by atoms with Crippen molar-refractivity contribution < 1.29 is 9.53 Å². The summed E-state index contributed by atoms with van der Waals surface area (Å²) in [4.78, 5) is 19.3. The van der Waals surface area contributed by atoms with Gasteiger partial charge in [0.1, 0.15) is 15.5 Å². The third-order valence-electron chi connectivity index (χ3n) is 5.29. The Morgan fingerprint density at radius 2 is 1.82 bits per heavy atom. The van der Waals surface area contributed by atoms with Gasteiger partial charge in [0.15, 0.2) is 0 Å². The SMILES string of the molecule is COc1ccc(C(=O)c2sc3nc4c(cc3c2N)CCc2ccccc2-4)cc1. The summed E-state index contributed by atoms with van der Waals surface area (Å²) in [7, 11) is 1.60. The van der Waals surface area contributed by atoms with E-state index in [1.165, 1.54) is 28.0 Å². The van der Waals surface area contributed by atoms with Gasteiger partial charge < -0.3 is 10.5 Å². The van der Waals surface area contributed by atoms with Crippen LogP contribution in [0.4, 0.5) is 5.69 Å². The number of ketones is 1. The zero-order chi connectivity index (χ0) is 19.3. The molecule has 0 bridgehead atoms. The number of aromatic nitrogens is 1. The second kappa shape index (κ2) is 6.46. The molecule has 2 aromatic carbocycles. The minimum Gasteiger partial charge on any atom is -0.497 e. The molecule has 5 rings (SSSR count). The molecule has 0 amide bonds. The van der Waals surface area contributed by atoms with E-state index in [1.807, 2.05) is 6.07 Å². The Labute approximate surface area is 166 Å². The molecule has 1 aliphatic carbocycles. The molecular formula is C23H18N2O2S. The molecule has 0 atom stereocenters. The highest BCUT2D eigenvalue weighted by atomic mass is 32.1. The van der Waals surface area contributed by atoms with Crippen LogP contribution in [0.1, 0.15) is 26.4 Å². The van der Waals surface area contributed by atoms with Crippen LogP contribution < -0.4 is 10.5 Å². The monoisotopic (exact) mass is 386 g/mol. The number of nitrogens with zero attached hydrogens (tertiary/aromatic N) is 1. The lowest BCUT2D eigenvalue weighted by Gasteiger charge is -2.18. The topological polar surface area (TPSA) is 65.2 Å². The van der Waals surface area contributed by atoms with Crippen LogP contribution in [0.15, 0.2) is 54.6 Å². The van der Waals surface area contributed by atoms with E-state index in [-0.39, 0.29) is 5.78 Å². The lowest BCUT2D eigenvalue weighted by atomic mass is 9.89. The molecule has 2 aromatic heterocycles. The third-order valence-corrected chi connectivity index (χ3v) is 6.41. The molecule has 4 nitrogen and oxygen atoms in total. The van der Waals surface area contributed by atoms with E-state index in [0.29, 0.717) is 21.9 Å². The zero-order valence-corrected chi connectivity index (χ0v) is 16.2. The van der Waals surface area contributed by atoms with Crippen molar-refractivity contribution in [3.05, 3.63) is 76.2 Å². The fraction of sp³-hybridized carbons (Fsp3) is 0.130. The predicted octanol–water partition coefficient (Wildman–Crippen LogP) is 4.88. The summed E-state index contributed by atoms with van der Waals surface area (Å²) in [5.41, 5.74) is 12.2. The number of fused-ring (bicyclic) bond motifs is 4. The molecule has 1 aliphatic rings. The van der Waals surface area contributed by atoms with Gasteiger partial charge in [-0.25, -0.2) is 4.98 Å². The molecule has 138 valence electrons. The minimum absolute atomic E-state index is 0.0819. The molecule has 0 aliphatic heterocycles. The van der Waals surface area contributed by atoms with Gasteiger partial charge in [-0.2, -0.15) is 0 Å². The summed E-state index contributed by atoms with van der Waals surface area (Å²) in [6, 6.07) is 17.6. The molecule has 0 spiro atoms. The summed E-state index contributed by atoms with van der Waals surface area (Å²) in [5, 5.41) is 0.875. The van der Waals surface area contributed by atoms with Crippen LogP contribution in [0.5, 0.6) is 5.75 Å². The second-order valence-electron chi connectivity index (χ2n) is 6.91. The largest absolute Gasteiger partial charge is 0.497 e. The zero-order valence-electron chi connectivity index (χ0n) is 15.4. The number of methoxy groups -OCH3 is 1. The van der Waals surface area contributed by atoms with E-state index in [4.69, 9.17) is 15.5 Å². The van der Waals surface area contributed by atoms with Gasteiger partial charge in [-0.3, -0.25) is 4.79 Å². The quantitative estimate of drug-likeness (QED) is 0.510. The number of nitrogen functional groups attached to an aromatic ring is 1. The molecule has 5 heteroatoms. The number of hydrogen-bond donors (Lipinski definition) is 1. The molecule has 0 unspecified atom stereocenters. The normalized spacial score (nSPS) is 12.5. The summed E-state index contributed by atoms with van der Waals surface area (Å²) in [6.07, 6.45) is 1.93. The van der Waals surface area contributed by atoms with Crippen LogP contribution in [-0.2, 0) is 12.8 Å². The highest BCUT2D eigenvalue weighted by Crippen LogP contribution is 2.40. The summed E-state index contributed by atoms with van der Waals surface area (Å²) in [6.45, 7) is 0. The van der Waals surface area contributed by atoms with E-state index >= 15 is 0 Å². The molecule has 2 heterocycles. The average Bonchev–Trinajstić information content (AvgIpc) is 3.07. The van der Waals surface area contributed by atoms with E-state index in [1.54, 1.807) is 31.4 Å². The summed E-state index contributed by atoms with van der Waals surface area (Å²) < 4.78 is 5.17. The maximum Gasteiger partial charge on any atom is 0.205 e. The Kier molecular flexibility index (Phi) is 3.91. The number of anilines is 1. The Morgan fingerprint density at radius 3 is 2.61 bits per heavy atom. The van der Waals surface area contributed by atoms with E-state index < -0.39 is 0 Å². The number of nitrogens with two attached hydrogens (primary N) is 1. The number of rotatable bonds is 3. The van der Waals surface area contributed by atoms with Gasteiger partial charge in [-0.15, -0.1) is 11.3 Å². The standard InChI is InChI=1S/C23H18N2O2S/c1-27-16-10-8-14(9-11-16)21(26)22-19(24)18-12-15-7-6-13-4-2-3-5-17(13)20(15)25-23(18)28-22/h2-5,8-12H,6-7,24H2,1H3. The first-order valence-corrected chi connectivity index (χ1v) is 9.96. The molecule has 0 saturated carbocycles. The molecule has 28 heavy (non-hydrogen) atoms. The fourth-order valence-corrected chi connectivity index (χ4v) is 4.83. The Morgan fingerprint density at radius 1 is 1.07 bits per heavy atom. The van der Waals surface area contributed by atoms with Gasteiger partial charge in [-0.05, 0) is 54.3 Å². The number of aryl methyl sites for hydroxylation is 2. The van der Waals surface area contributed by atoms with Crippen molar-refractivity contribution in [1.29, 1.82) is 0 Å². The lowest BCUT2D eigenvalue weighted by molar-refractivity contribution is 0.104. The number of thiophene rings is 1. The molecular weight excluding hydrogens is 368 g/mol. The minimum atomic E-state index is -0.0819. The van der Waals surface area contributed by atoms with Crippen molar-refractivity contribution in [1.82, 2.24) is 4.98 Å². The first kappa shape index (κ1) is 17.0. The van der Waals surface area contributed by atoms with Crippen molar-refractivity contribution in [3.8, 4) is 17.0 Å². The molecule has 0 fully saturated rings. The second-order valence-corrected chi connectivity index (χ2v) is 7.91.